The lowest BCUT2D eigenvalue weighted by Gasteiger charge is -2.34. The molecule has 6 nitrogen and oxygen atoms in total. The number of thiazole rings is 1. The number of hydrogen-bond acceptors (Lipinski definition) is 6. The molecule has 1 fully saturated rings. The third-order valence-electron chi connectivity index (χ3n) is 4.91. The van der Waals surface area contributed by atoms with E-state index in [0.717, 1.165) is 65.5 Å². The van der Waals surface area contributed by atoms with E-state index in [4.69, 9.17) is 0 Å². The third kappa shape index (κ3) is 5.81. The van der Waals surface area contributed by atoms with Gasteiger partial charge in [-0.2, -0.15) is 0 Å². The van der Waals surface area contributed by atoms with Crippen LogP contribution in [0, 0.1) is 6.92 Å². The van der Waals surface area contributed by atoms with Crippen LogP contribution in [0.5, 0.6) is 0 Å². The number of anilines is 1. The highest BCUT2D eigenvalue weighted by Crippen LogP contribution is 2.22. The third-order valence-corrected chi connectivity index (χ3v) is 6.75. The summed E-state index contributed by atoms with van der Waals surface area (Å²) in [6, 6.07) is 13.9. The number of carbonyl (C=O) groups excluding carboxylic acids is 1. The predicted molar refractivity (Wildman–Crippen MR) is 123 cm³/mol. The number of amides is 2. The fourth-order valence-electron chi connectivity index (χ4n) is 3.35. The molecule has 0 radical (unpaired) electrons. The Bertz CT molecular complexity index is 970. The SMILES string of the molecule is Cc1nc(CN2CCN(C(=O)Nc3cccc(CSc4ccccn4)c3)CC2)cs1. The van der Waals surface area contributed by atoms with Crippen LogP contribution in [0.3, 0.4) is 0 Å². The van der Waals surface area contributed by atoms with Gasteiger partial charge in [-0.3, -0.25) is 4.90 Å². The maximum absolute atomic E-state index is 12.7. The van der Waals surface area contributed by atoms with E-state index >= 15 is 0 Å². The van der Waals surface area contributed by atoms with Crippen LogP contribution in [0.15, 0.2) is 59.1 Å². The van der Waals surface area contributed by atoms with Gasteiger partial charge in [0.05, 0.1) is 15.7 Å². The number of nitrogens with zero attached hydrogens (tertiary/aromatic N) is 4. The Morgan fingerprint density at radius 3 is 2.77 bits per heavy atom. The molecule has 30 heavy (non-hydrogen) atoms. The average Bonchev–Trinajstić information content (AvgIpc) is 3.18. The number of piperazine rings is 1. The summed E-state index contributed by atoms with van der Waals surface area (Å²) in [4.78, 5) is 25.8. The summed E-state index contributed by atoms with van der Waals surface area (Å²) in [7, 11) is 0. The Balaban J connectivity index is 1.26. The molecule has 0 atom stereocenters. The topological polar surface area (TPSA) is 61.4 Å². The van der Waals surface area contributed by atoms with E-state index in [-0.39, 0.29) is 6.03 Å². The molecule has 2 amide bonds. The van der Waals surface area contributed by atoms with Gasteiger partial charge in [-0.15, -0.1) is 23.1 Å². The quantitative estimate of drug-likeness (QED) is 0.574. The first kappa shape index (κ1) is 20.8. The second-order valence-corrected chi connectivity index (χ2v) is 9.27. The van der Waals surface area contributed by atoms with Crippen LogP contribution in [0.25, 0.3) is 0 Å². The molecule has 1 N–H and O–H groups in total. The molecule has 1 saturated heterocycles. The molecule has 0 spiro atoms. The summed E-state index contributed by atoms with van der Waals surface area (Å²) in [6.07, 6.45) is 1.80. The van der Waals surface area contributed by atoms with E-state index in [1.54, 1.807) is 29.3 Å². The van der Waals surface area contributed by atoms with E-state index < -0.39 is 0 Å². The number of thioether (sulfide) groups is 1. The van der Waals surface area contributed by atoms with E-state index in [2.05, 4.69) is 31.6 Å². The lowest BCUT2D eigenvalue weighted by Crippen LogP contribution is -2.49. The van der Waals surface area contributed by atoms with Crippen LogP contribution < -0.4 is 5.32 Å². The number of carbonyl (C=O) groups is 1. The first-order chi connectivity index (χ1) is 14.7. The summed E-state index contributed by atoms with van der Waals surface area (Å²) in [5.41, 5.74) is 3.11. The van der Waals surface area contributed by atoms with Crippen molar-refractivity contribution >= 4 is 34.8 Å². The van der Waals surface area contributed by atoms with Crippen LogP contribution in [0.2, 0.25) is 0 Å². The van der Waals surface area contributed by atoms with E-state index in [0.29, 0.717) is 0 Å². The van der Waals surface area contributed by atoms with Crippen molar-refractivity contribution in [3.63, 3.8) is 0 Å². The van der Waals surface area contributed by atoms with Gasteiger partial charge in [0.1, 0.15) is 0 Å². The van der Waals surface area contributed by atoms with Crippen molar-refractivity contribution in [3.8, 4) is 0 Å². The Labute approximate surface area is 185 Å². The molecular formula is C22H25N5OS2. The normalized spacial score (nSPS) is 14.6. The summed E-state index contributed by atoms with van der Waals surface area (Å²) >= 11 is 3.37. The molecule has 3 heterocycles. The summed E-state index contributed by atoms with van der Waals surface area (Å²) < 4.78 is 0. The van der Waals surface area contributed by atoms with Crippen LogP contribution in [0.1, 0.15) is 16.3 Å². The fraction of sp³-hybridized carbons (Fsp3) is 0.318. The van der Waals surface area contributed by atoms with Crippen molar-refractivity contribution in [2.45, 2.75) is 24.2 Å². The van der Waals surface area contributed by atoms with E-state index in [1.807, 2.05) is 48.2 Å². The lowest BCUT2D eigenvalue weighted by atomic mass is 10.2. The molecule has 156 valence electrons. The Kier molecular flexibility index (Phi) is 6.99. The zero-order valence-electron chi connectivity index (χ0n) is 17.0. The molecule has 0 unspecified atom stereocenters. The van der Waals surface area contributed by atoms with Crippen molar-refractivity contribution < 1.29 is 4.79 Å². The van der Waals surface area contributed by atoms with Crippen LogP contribution in [-0.2, 0) is 12.3 Å². The van der Waals surface area contributed by atoms with Crippen LogP contribution >= 0.6 is 23.1 Å². The van der Waals surface area contributed by atoms with Gasteiger partial charge in [0.2, 0.25) is 0 Å². The summed E-state index contributed by atoms with van der Waals surface area (Å²) in [5.74, 6) is 0.815. The molecule has 1 aromatic carbocycles. The van der Waals surface area contributed by atoms with Gasteiger partial charge in [0.25, 0.3) is 0 Å². The first-order valence-corrected chi connectivity index (χ1v) is 11.8. The standard InChI is InChI=1S/C22H25N5OS2/c1-17-24-20(16-29-17)14-26-9-11-27(12-10-26)22(28)25-19-6-4-5-18(13-19)15-30-21-7-2-3-8-23-21/h2-8,13,16H,9-12,14-15H2,1H3,(H,25,28). The molecule has 3 aromatic rings. The van der Waals surface area contributed by atoms with E-state index in [9.17, 15) is 4.79 Å². The van der Waals surface area contributed by atoms with Gasteiger partial charge in [0, 0.05) is 55.7 Å². The van der Waals surface area contributed by atoms with Gasteiger partial charge in [-0.1, -0.05) is 18.2 Å². The van der Waals surface area contributed by atoms with Crippen molar-refractivity contribution in [2.24, 2.45) is 0 Å². The highest BCUT2D eigenvalue weighted by atomic mass is 32.2. The largest absolute Gasteiger partial charge is 0.322 e. The number of hydrogen-bond donors (Lipinski definition) is 1. The zero-order valence-corrected chi connectivity index (χ0v) is 18.6. The Morgan fingerprint density at radius 2 is 2.03 bits per heavy atom. The molecule has 0 bridgehead atoms. The number of nitrogens with one attached hydrogen (secondary N) is 1. The van der Waals surface area contributed by atoms with Crippen molar-refractivity contribution in [1.82, 2.24) is 19.8 Å². The maximum Gasteiger partial charge on any atom is 0.321 e. The number of aromatic nitrogens is 2. The summed E-state index contributed by atoms with van der Waals surface area (Å²) in [6.45, 7) is 6.07. The smallest absolute Gasteiger partial charge is 0.321 e. The van der Waals surface area contributed by atoms with Gasteiger partial charge in [-0.25, -0.2) is 14.8 Å². The lowest BCUT2D eigenvalue weighted by molar-refractivity contribution is 0.142. The number of aryl methyl sites for hydroxylation is 1. The highest BCUT2D eigenvalue weighted by Gasteiger charge is 2.21. The van der Waals surface area contributed by atoms with Gasteiger partial charge < -0.3 is 10.2 Å². The Hall–Kier alpha value is -2.42. The monoisotopic (exact) mass is 439 g/mol. The summed E-state index contributed by atoms with van der Waals surface area (Å²) in [5, 5.41) is 7.27. The minimum absolute atomic E-state index is 0.0336. The number of pyridine rings is 1. The van der Waals surface area contributed by atoms with Crippen LogP contribution in [-0.4, -0.2) is 52.0 Å². The molecule has 1 aliphatic rings. The minimum atomic E-state index is -0.0336. The highest BCUT2D eigenvalue weighted by molar-refractivity contribution is 7.98. The molecular weight excluding hydrogens is 414 g/mol. The average molecular weight is 440 g/mol. The number of rotatable bonds is 6. The van der Waals surface area contributed by atoms with E-state index in [1.165, 1.54) is 0 Å². The number of benzene rings is 1. The predicted octanol–water partition coefficient (Wildman–Crippen LogP) is 4.49. The first-order valence-electron chi connectivity index (χ1n) is 9.98. The molecule has 1 aliphatic heterocycles. The second-order valence-electron chi connectivity index (χ2n) is 7.21. The van der Waals surface area contributed by atoms with Crippen LogP contribution in [0.4, 0.5) is 10.5 Å². The van der Waals surface area contributed by atoms with Gasteiger partial charge >= 0.3 is 6.03 Å². The Morgan fingerprint density at radius 1 is 1.17 bits per heavy atom. The second kappa shape index (κ2) is 10.1. The molecule has 8 heteroatoms. The molecule has 0 saturated carbocycles. The minimum Gasteiger partial charge on any atom is -0.322 e. The van der Waals surface area contributed by atoms with Gasteiger partial charge in [-0.05, 0) is 36.8 Å². The zero-order chi connectivity index (χ0) is 20.8. The molecule has 0 aliphatic carbocycles. The maximum atomic E-state index is 12.7. The molecule has 2 aromatic heterocycles. The fourth-order valence-corrected chi connectivity index (χ4v) is 4.76. The van der Waals surface area contributed by atoms with Crippen molar-refractivity contribution in [2.75, 3.05) is 31.5 Å². The molecule has 4 rings (SSSR count). The van der Waals surface area contributed by atoms with Gasteiger partial charge in [0.15, 0.2) is 0 Å². The van der Waals surface area contributed by atoms with Crippen molar-refractivity contribution in [3.05, 3.63) is 70.3 Å². The van der Waals surface area contributed by atoms with Crippen molar-refractivity contribution in [1.29, 1.82) is 0 Å². The number of urea groups is 1.